The lowest BCUT2D eigenvalue weighted by molar-refractivity contribution is -0.119. The first kappa shape index (κ1) is 14.4. The van der Waals surface area contributed by atoms with E-state index in [2.05, 4.69) is 5.32 Å². The van der Waals surface area contributed by atoms with Gasteiger partial charge in [0.05, 0.1) is 4.90 Å². The van der Waals surface area contributed by atoms with E-state index < -0.39 is 10.0 Å². The fourth-order valence-electron chi connectivity index (χ4n) is 1.89. The largest absolute Gasteiger partial charge is 0.326 e. The zero-order chi connectivity index (χ0) is 14.0. The Bertz CT molecular complexity index is 593. The smallest absolute Gasteiger partial charge is 0.238 e. The number of carbonyl (C=O) groups excluding carboxylic acids is 1. The van der Waals surface area contributed by atoms with Gasteiger partial charge in [0.2, 0.25) is 15.9 Å². The number of nitrogens with one attached hydrogen (secondary N) is 1. The van der Waals surface area contributed by atoms with Gasteiger partial charge in [0, 0.05) is 17.4 Å². The molecule has 1 aliphatic heterocycles. The molecule has 0 bridgehead atoms. The molecular formula is C12H16N2O3S2. The summed E-state index contributed by atoms with van der Waals surface area (Å²) in [4.78, 5) is 12.0. The standard InChI is InChI=1S/C12H16N2O3S2/c1-8-2-3-10(19(13,16)17)6-11(8)14-12(15)9-4-5-18-7-9/h2-3,6,9H,4-5,7H2,1H3,(H,14,15)(H2,13,16,17). The van der Waals surface area contributed by atoms with Crippen molar-refractivity contribution in [2.24, 2.45) is 11.1 Å². The number of benzene rings is 1. The average molecular weight is 300 g/mol. The molecule has 19 heavy (non-hydrogen) atoms. The van der Waals surface area contributed by atoms with Crippen LogP contribution < -0.4 is 10.5 Å². The van der Waals surface area contributed by atoms with Crippen molar-refractivity contribution in [1.29, 1.82) is 0 Å². The van der Waals surface area contributed by atoms with Crippen LogP contribution in [0.15, 0.2) is 23.1 Å². The summed E-state index contributed by atoms with van der Waals surface area (Å²) in [7, 11) is -3.75. The number of hydrogen-bond acceptors (Lipinski definition) is 4. The number of sulfonamides is 1. The van der Waals surface area contributed by atoms with Crippen molar-refractivity contribution in [2.75, 3.05) is 16.8 Å². The van der Waals surface area contributed by atoms with Crippen LogP contribution in [-0.2, 0) is 14.8 Å². The highest BCUT2D eigenvalue weighted by Crippen LogP contribution is 2.26. The number of carbonyl (C=O) groups is 1. The molecule has 1 fully saturated rings. The maximum Gasteiger partial charge on any atom is 0.238 e. The van der Waals surface area contributed by atoms with E-state index in [9.17, 15) is 13.2 Å². The van der Waals surface area contributed by atoms with Crippen molar-refractivity contribution in [3.63, 3.8) is 0 Å². The molecule has 0 saturated carbocycles. The maximum absolute atomic E-state index is 12.0. The van der Waals surface area contributed by atoms with E-state index in [1.807, 2.05) is 6.92 Å². The monoisotopic (exact) mass is 300 g/mol. The minimum atomic E-state index is -3.75. The Labute approximate surface area is 117 Å². The molecule has 0 radical (unpaired) electrons. The highest BCUT2D eigenvalue weighted by Gasteiger charge is 2.23. The van der Waals surface area contributed by atoms with Crippen LogP contribution in [-0.4, -0.2) is 25.8 Å². The van der Waals surface area contributed by atoms with Crippen LogP contribution >= 0.6 is 11.8 Å². The number of aryl methyl sites for hydroxylation is 1. The zero-order valence-electron chi connectivity index (χ0n) is 10.5. The number of hydrogen-bond donors (Lipinski definition) is 2. The minimum absolute atomic E-state index is 0.00235. The summed E-state index contributed by atoms with van der Waals surface area (Å²) in [6.07, 6.45) is 0.866. The second-order valence-electron chi connectivity index (χ2n) is 4.57. The summed E-state index contributed by atoms with van der Waals surface area (Å²) in [5.41, 5.74) is 1.32. The van der Waals surface area contributed by atoms with Crippen LogP contribution in [0.2, 0.25) is 0 Å². The number of primary sulfonamides is 1. The normalized spacial score (nSPS) is 19.4. The molecule has 1 aromatic rings. The second-order valence-corrected chi connectivity index (χ2v) is 7.28. The Hall–Kier alpha value is -1.05. The topological polar surface area (TPSA) is 89.3 Å². The van der Waals surface area contributed by atoms with Gasteiger partial charge >= 0.3 is 0 Å². The van der Waals surface area contributed by atoms with Gasteiger partial charge in [-0.3, -0.25) is 4.79 Å². The molecule has 104 valence electrons. The van der Waals surface area contributed by atoms with E-state index in [4.69, 9.17) is 5.14 Å². The Morgan fingerprint density at radius 1 is 1.47 bits per heavy atom. The average Bonchev–Trinajstić information content (AvgIpc) is 2.84. The number of thioether (sulfide) groups is 1. The predicted octanol–water partition coefficient (Wildman–Crippen LogP) is 1.33. The van der Waals surface area contributed by atoms with E-state index in [0.717, 1.165) is 23.5 Å². The molecule has 1 aromatic carbocycles. The summed E-state index contributed by atoms with van der Waals surface area (Å²) in [5.74, 6) is 1.76. The lowest BCUT2D eigenvalue weighted by Gasteiger charge is -2.13. The second kappa shape index (κ2) is 5.52. The highest BCUT2D eigenvalue weighted by atomic mass is 32.2. The molecule has 1 atom stereocenters. The third-order valence-electron chi connectivity index (χ3n) is 3.10. The fourth-order valence-corrected chi connectivity index (χ4v) is 3.65. The van der Waals surface area contributed by atoms with Crippen LogP contribution in [0, 0.1) is 12.8 Å². The van der Waals surface area contributed by atoms with E-state index in [0.29, 0.717) is 5.69 Å². The van der Waals surface area contributed by atoms with Crippen molar-refractivity contribution in [2.45, 2.75) is 18.2 Å². The summed E-state index contributed by atoms with van der Waals surface area (Å²) < 4.78 is 22.6. The first-order chi connectivity index (χ1) is 8.88. The van der Waals surface area contributed by atoms with Gasteiger partial charge in [0.25, 0.3) is 0 Å². The summed E-state index contributed by atoms with van der Waals surface area (Å²) >= 11 is 1.76. The summed E-state index contributed by atoms with van der Waals surface area (Å²) in [5, 5.41) is 7.88. The molecule has 0 spiro atoms. The van der Waals surface area contributed by atoms with Gasteiger partial charge in [-0.2, -0.15) is 11.8 Å². The van der Waals surface area contributed by atoms with Crippen LogP contribution in [0.25, 0.3) is 0 Å². The van der Waals surface area contributed by atoms with E-state index in [1.165, 1.54) is 12.1 Å². The number of amides is 1. The molecule has 1 amide bonds. The lowest BCUT2D eigenvalue weighted by Crippen LogP contribution is -2.23. The molecule has 1 heterocycles. The SMILES string of the molecule is Cc1ccc(S(N)(=O)=O)cc1NC(=O)C1CCSC1. The molecule has 2 rings (SSSR count). The molecule has 3 N–H and O–H groups in total. The quantitative estimate of drug-likeness (QED) is 0.881. The Kier molecular flexibility index (Phi) is 4.17. The van der Waals surface area contributed by atoms with E-state index >= 15 is 0 Å². The summed E-state index contributed by atoms with van der Waals surface area (Å²) in [6.45, 7) is 1.81. The van der Waals surface area contributed by atoms with Gasteiger partial charge in [-0.05, 0) is 36.8 Å². The molecule has 1 aliphatic rings. The Morgan fingerprint density at radius 3 is 2.79 bits per heavy atom. The zero-order valence-corrected chi connectivity index (χ0v) is 12.2. The van der Waals surface area contributed by atoms with Gasteiger partial charge in [0.15, 0.2) is 0 Å². The molecule has 0 aromatic heterocycles. The first-order valence-electron chi connectivity index (χ1n) is 5.90. The number of anilines is 1. The predicted molar refractivity (Wildman–Crippen MR) is 76.6 cm³/mol. The number of nitrogens with two attached hydrogens (primary N) is 1. The van der Waals surface area contributed by atoms with Crippen molar-refractivity contribution >= 4 is 33.4 Å². The first-order valence-corrected chi connectivity index (χ1v) is 8.60. The minimum Gasteiger partial charge on any atom is -0.326 e. The van der Waals surface area contributed by atoms with Crippen molar-refractivity contribution < 1.29 is 13.2 Å². The van der Waals surface area contributed by atoms with Crippen molar-refractivity contribution in [3.05, 3.63) is 23.8 Å². The van der Waals surface area contributed by atoms with Crippen LogP contribution in [0.3, 0.4) is 0 Å². The summed E-state index contributed by atoms with van der Waals surface area (Å²) in [6, 6.07) is 4.48. The third kappa shape index (κ3) is 3.49. The maximum atomic E-state index is 12.0. The van der Waals surface area contributed by atoms with Gasteiger partial charge in [0.1, 0.15) is 0 Å². The molecular weight excluding hydrogens is 284 g/mol. The van der Waals surface area contributed by atoms with Gasteiger partial charge < -0.3 is 5.32 Å². The molecule has 1 saturated heterocycles. The van der Waals surface area contributed by atoms with Gasteiger partial charge in [-0.25, -0.2) is 13.6 Å². The molecule has 0 aliphatic carbocycles. The molecule has 5 nitrogen and oxygen atoms in total. The van der Waals surface area contributed by atoms with Crippen molar-refractivity contribution in [3.8, 4) is 0 Å². The van der Waals surface area contributed by atoms with Crippen LogP contribution in [0.1, 0.15) is 12.0 Å². The Balaban J connectivity index is 2.22. The van der Waals surface area contributed by atoms with Gasteiger partial charge in [-0.15, -0.1) is 0 Å². The number of rotatable bonds is 3. The van der Waals surface area contributed by atoms with Crippen LogP contribution in [0.4, 0.5) is 5.69 Å². The molecule has 7 heteroatoms. The lowest BCUT2D eigenvalue weighted by atomic mass is 10.1. The van der Waals surface area contributed by atoms with Gasteiger partial charge in [-0.1, -0.05) is 6.07 Å². The Morgan fingerprint density at radius 2 is 2.21 bits per heavy atom. The van der Waals surface area contributed by atoms with Crippen molar-refractivity contribution in [1.82, 2.24) is 0 Å². The highest BCUT2D eigenvalue weighted by molar-refractivity contribution is 7.99. The fraction of sp³-hybridized carbons (Fsp3) is 0.417. The van der Waals surface area contributed by atoms with Crippen LogP contribution in [0.5, 0.6) is 0 Å². The third-order valence-corrected chi connectivity index (χ3v) is 5.17. The van der Waals surface area contributed by atoms with E-state index in [1.54, 1.807) is 17.8 Å². The van der Waals surface area contributed by atoms with E-state index in [-0.39, 0.29) is 16.7 Å². The molecule has 1 unspecified atom stereocenters.